The smallest absolute Gasteiger partial charge is 0.267 e. The van der Waals surface area contributed by atoms with Crippen LogP contribution >= 0.6 is 0 Å². The molecular formula is C13H15N3O. The maximum Gasteiger partial charge on any atom is 0.267 e. The highest BCUT2D eigenvalue weighted by atomic mass is 16.2. The molecule has 0 unspecified atom stereocenters. The molecule has 0 spiro atoms. The summed E-state index contributed by atoms with van der Waals surface area (Å²) >= 11 is 0. The second-order valence-corrected chi connectivity index (χ2v) is 4.24. The second kappa shape index (κ2) is 4.14. The molecule has 0 fully saturated rings. The summed E-state index contributed by atoms with van der Waals surface area (Å²) in [5, 5.41) is 0.986. The monoisotopic (exact) mass is 229 g/mol. The molecule has 2 rings (SSSR count). The molecule has 0 saturated carbocycles. The number of hydrogen-bond acceptors (Lipinski definition) is 3. The summed E-state index contributed by atoms with van der Waals surface area (Å²) in [6.45, 7) is 5.85. The van der Waals surface area contributed by atoms with Crippen LogP contribution in [0.1, 0.15) is 27.2 Å². The molecule has 1 amide bonds. The minimum absolute atomic E-state index is 0.308. The van der Waals surface area contributed by atoms with Crippen molar-refractivity contribution in [1.29, 1.82) is 0 Å². The normalized spacial score (nSPS) is 10.6. The van der Waals surface area contributed by atoms with E-state index >= 15 is 0 Å². The number of nitrogen functional groups attached to an aromatic ring is 1. The molecule has 4 heteroatoms. The number of pyridine rings is 1. The Morgan fingerprint density at radius 2 is 1.94 bits per heavy atom. The van der Waals surface area contributed by atoms with Crippen molar-refractivity contribution < 1.29 is 4.79 Å². The van der Waals surface area contributed by atoms with Crippen molar-refractivity contribution in [1.82, 2.24) is 10.4 Å². The van der Waals surface area contributed by atoms with Gasteiger partial charge in [-0.15, -0.1) is 0 Å². The van der Waals surface area contributed by atoms with E-state index in [1.54, 1.807) is 0 Å². The second-order valence-electron chi connectivity index (χ2n) is 4.24. The molecule has 0 aliphatic heterocycles. The number of benzene rings is 1. The average molecular weight is 229 g/mol. The zero-order valence-corrected chi connectivity index (χ0v) is 10.2. The molecule has 4 nitrogen and oxygen atoms in total. The summed E-state index contributed by atoms with van der Waals surface area (Å²) in [6.07, 6.45) is 0. The predicted molar refractivity (Wildman–Crippen MR) is 67.6 cm³/mol. The van der Waals surface area contributed by atoms with E-state index in [2.05, 4.69) is 16.5 Å². The highest BCUT2D eigenvalue weighted by Crippen LogP contribution is 2.21. The molecule has 0 radical (unpaired) electrons. The first-order valence-corrected chi connectivity index (χ1v) is 5.42. The lowest BCUT2D eigenvalue weighted by Gasteiger charge is -2.09. The van der Waals surface area contributed by atoms with Gasteiger partial charge in [0.25, 0.3) is 5.91 Å². The summed E-state index contributed by atoms with van der Waals surface area (Å²) < 4.78 is 0. The lowest BCUT2D eigenvalue weighted by atomic mass is 10.0. The molecule has 0 atom stereocenters. The first-order chi connectivity index (χ1) is 8.02. The van der Waals surface area contributed by atoms with Gasteiger partial charge in [-0.05, 0) is 44.0 Å². The van der Waals surface area contributed by atoms with Gasteiger partial charge in [0.15, 0.2) is 0 Å². The summed E-state index contributed by atoms with van der Waals surface area (Å²) in [7, 11) is 0. The molecule has 2 aromatic rings. The Morgan fingerprint density at radius 1 is 1.24 bits per heavy atom. The van der Waals surface area contributed by atoms with Gasteiger partial charge in [0, 0.05) is 5.39 Å². The van der Waals surface area contributed by atoms with Crippen molar-refractivity contribution in [3.63, 3.8) is 0 Å². The van der Waals surface area contributed by atoms with E-state index in [0.717, 1.165) is 22.0 Å². The van der Waals surface area contributed by atoms with E-state index in [1.807, 2.05) is 32.9 Å². The van der Waals surface area contributed by atoms with E-state index in [0.29, 0.717) is 11.3 Å². The number of hydrogen-bond donors (Lipinski definition) is 2. The van der Waals surface area contributed by atoms with Gasteiger partial charge in [-0.2, -0.15) is 0 Å². The molecule has 0 aliphatic carbocycles. The average Bonchev–Trinajstić information content (AvgIpc) is 2.27. The number of carbonyl (C=O) groups is 1. The lowest BCUT2D eigenvalue weighted by Crippen LogP contribution is -2.30. The molecule has 88 valence electrons. The number of aryl methyl sites for hydroxylation is 3. The first kappa shape index (κ1) is 11.5. The van der Waals surface area contributed by atoms with E-state index in [4.69, 9.17) is 5.84 Å². The molecule has 1 heterocycles. The Hall–Kier alpha value is -1.94. The third-order valence-corrected chi connectivity index (χ3v) is 2.85. The van der Waals surface area contributed by atoms with Crippen molar-refractivity contribution in [3.05, 3.63) is 40.6 Å². The fraction of sp³-hybridized carbons (Fsp3) is 0.231. The minimum Gasteiger partial charge on any atom is -0.290 e. The first-order valence-electron chi connectivity index (χ1n) is 5.42. The fourth-order valence-corrected chi connectivity index (χ4v) is 2.03. The molecule has 3 N–H and O–H groups in total. The SMILES string of the molecule is Cc1cc(C)c2cc(C(=O)NN)c(C)nc2c1. The maximum absolute atomic E-state index is 11.6. The van der Waals surface area contributed by atoms with E-state index in [9.17, 15) is 4.79 Å². The van der Waals surface area contributed by atoms with Crippen molar-refractivity contribution in [3.8, 4) is 0 Å². The van der Waals surface area contributed by atoms with Crippen LogP contribution in [0.15, 0.2) is 18.2 Å². The van der Waals surface area contributed by atoms with Gasteiger partial charge in [-0.1, -0.05) is 6.07 Å². The van der Waals surface area contributed by atoms with E-state index in [1.165, 1.54) is 0 Å². The van der Waals surface area contributed by atoms with Gasteiger partial charge in [0.1, 0.15) is 0 Å². The van der Waals surface area contributed by atoms with Crippen LogP contribution in [0.2, 0.25) is 0 Å². The third-order valence-electron chi connectivity index (χ3n) is 2.85. The van der Waals surface area contributed by atoms with Gasteiger partial charge < -0.3 is 0 Å². The quantitative estimate of drug-likeness (QED) is 0.445. The molecule has 17 heavy (non-hydrogen) atoms. The molecule has 0 bridgehead atoms. The van der Waals surface area contributed by atoms with Crippen LogP contribution in [0, 0.1) is 20.8 Å². The van der Waals surface area contributed by atoms with Gasteiger partial charge >= 0.3 is 0 Å². The number of nitrogens with zero attached hydrogens (tertiary/aromatic N) is 1. The van der Waals surface area contributed by atoms with Crippen LogP contribution in [-0.2, 0) is 0 Å². The topological polar surface area (TPSA) is 68.0 Å². The number of fused-ring (bicyclic) bond motifs is 1. The molecular weight excluding hydrogens is 214 g/mol. The summed E-state index contributed by atoms with van der Waals surface area (Å²) in [5.74, 6) is 4.84. The molecule has 1 aromatic carbocycles. The predicted octanol–water partition coefficient (Wildman–Crippen LogP) is 1.76. The Morgan fingerprint density at radius 3 is 2.59 bits per heavy atom. The zero-order valence-electron chi connectivity index (χ0n) is 10.2. The van der Waals surface area contributed by atoms with Gasteiger partial charge in [0.2, 0.25) is 0 Å². The van der Waals surface area contributed by atoms with Crippen LogP contribution in [0.25, 0.3) is 10.9 Å². The maximum atomic E-state index is 11.6. The van der Waals surface area contributed by atoms with Crippen LogP contribution in [0.3, 0.4) is 0 Å². The summed E-state index contributed by atoms with van der Waals surface area (Å²) in [5.41, 5.74) is 6.53. The van der Waals surface area contributed by atoms with Crippen LogP contribution in [-0.4, -0.2) is 10.9 Å². The Labute approximate surface area is 99.8 Å². The Bertz CT molecular complexity index is 605. The largest absolute Gasteiger partial charge is 0.290 e. The van der Waals surface area contributed by atoms with Gasteiger partial charge in [-0.3, -0.25) is 15.2 Å². The van der Waals surface area contributed by atoms with E-state index < -0.39 is 0 Å². The highest BCUT2D eigenvalue weighted by molar-refractivity contribution is 5.99. The van der Waals surface area contributed by atoms with Crippen molar-refractivity contribution in [2.75, 3.05) is 0 Å². The lowest BCUT2D eigenvalue weighted by molar-refractivity contribution is 0.0953. The zero-order chi connectivity index (χ0) is 12.6. The van der Waals surface area contributed by atoms with Crippen molar-refractivity contribution >= 4 is 16.8 Å². The fourth-order valence-electron chi connectivity index (χ4n) is 2.03. The van der Waals surface area contributed by atoms with Gasteiger partial charge in [-0.25, -0.2) is 5.84 Å². The standard InChI is InChI=1S/C13H15N3O/c1-7-4-8(2)10-6-11(13(17)16-14)9(3)15-12(10)5-7/h4-6H,14H2,1-3H3,(H,16,17). The number of hydrazine groups is 1. The number of aromatic nitrogens is 1. The number of carbonyl (C=O) groups excluding carboxylic acids is 1. The summed E-state index contributed by atoms with van der Waals surface area (Å²) in [4.78, 5) is 16.0. The molecule has 1 aromatic heterocycles. The minimum atomic E-state index is -0.308. The van der Waals surface area contributed by atoms with Crippen LogP contribution in [0.5, 0.6) is 0 Å². The molecule has 0 saturated heterocycles. The highest BCUT2D eigenvalue weighted by Gasteiger charge is 2.11. The number of nitrogens with one attached hydrogen (secondary N) is 1. The summed E-state index contributed by atoms with van der Waals surface area (Å²) in [6, 6.07) is 5.93. The van der Waals surface area contributed by atoms with E-state index in [-0.39, 0.29) is 5.91 Å². The number of rotatable bonds is 1. The third kappa shape index (κ3) is 1.99. The number of amides is 1. The van der Waals surface area contributed by atoms with Gasteiger partial charge in [0.05, 0.1) is 16.8 Å². The van der Waals surface area contributed by atoms with Crippen LogP contribution < -0.4 is 11.3 Å². The Balaban J connectivity index is 2.76. The van der Waals surface area contributed by atoms with Crippen LogP contribution in [0.4, 0.5) is 0 Å². The Kier molecular flexibility index (Phi) is 2.81. The van der Waals surface area contributed by atoms with Crippen molar-refractivity contribution in [2.45, 2.75) is 20.8 Å². The number of nitrogens with two attached hydrogens (primary N) is 1. The van der Waals surface area contributed by atoms with Crippen molar-refractivity contribution in [2.24, 2.45) is 5.84 Å². The molecule has 0 aliphatic rings.